The SMILES string of the molecule is C=C.CC.CC.CCC1CCC1C. The first-order valence-electron chi connectivity index (χ1n) is 5.84. The van der Waals surface area contributed by atoms with Crippen molar-refractivity contribution in [3.63, 3.8) is 0 Å². The van der Waals surface area contributed by atoms with Gasteiger partial charge >= 0.3 is 0 Å². The van der Waals surface area contributed by atoms with Crippen LogP contribution in [-0.2, 0) is 0 Å². The van der Waals surface area contributed by atoms with Gasteiger partial charge in [-0.1, -0.05) is 54.4 Å². The van der Waals surface area contributed by atoms with Crippen LogP contribution < -0.4 is 0 Å². The Labute approximate surface area is 86.4 Å². The van der Waals surface area contributed by atoms with Crippen molar-refractivity contribution in [3.8, 4) is 0 Å². The zero-order chi connectivity index (χ0) is 11.3. The molecule has 0 aromatic rings. The van der Waals surface area contributed by atoms with Crippen LogP contribution in [0.2, 0.25) is 0 Å². The molecule has 0 aromatic carbocycles. The molecular weight excluding hydrogens is 156 g/mol. The van der Waals surface area contributed by atoms with Gasteiger partial charge in [0.25, 0.3) is 0 Å². The van der Waals surface area contributed by atoms with Gasteiger partial charge in [-0.25, -0.2) is 0 Å². The molecule has 0 amide bonds. The smallest absolute Gasteiger partial charge is 0.0391 e. The summed E-state index contributed by atoms with van der Waals surface area (Å²) < 4.78 is 0. The first-order valence-corrected chi connectivity index (χ1v) is 5.84. The van der Waals surface area contributed by atoms with E-state index in [1.165, 1.54) is 19.3 Å². The van der Waals surface area contributed by atoms with E-state index in [4.69, 9.17) is 0 Å². The highest BCUT2D eigenvalue weighted by Crippen LogP contribution is 2.35. The topological polar surface area (TPSA) is 0 Å². The molecule has 0 radical (unpaired) electrons. The van der Waals surface area contributed by atoms with Gasteiger partial charge in [0.2, 0.25) is 0 Å². The fourth-order valence-corrected chi connectivity index (χ4v) is 1.34. The molecule has 82 valence electrons. The third-order valence-corrected chi connectivity index (χ3v) is 2.32. The van der Waals surface area contributed by atoms with Gasteiger partial charge in [0.15, 0.2) is 0 Å². The Morgan fingerprint density at radius 2 is 1.38 bits per heavy atom. The molecule has 0 heterocycles. The number of hydrogen-bond acceptors (Lipinski definition) is 0. The van der Waals surface area contributed by atoms with E-state index in [0.717, 1.165) is 11.8 Å². The third-order valence-electron chi connectivity index (χ3n) is 2.32. The molecule has 13 heavy (non-hydrogen) atoms. The summed E-state index contributed by atoms with van der Waals surface area (Å²) in [6.45, 7) is 18.7. The van der Waals surface area contributed by atoms with Crippen LogP contribution >= 0.6 is 0 Å². The second-order valence-corrected chi connectivity index (χ2v) is 2.72. The monoisotopic (exact) mass is 186 g/mol. The number of rotatable bonds is 1. The van der Waals surface area contributed by atoms with Crippen LogP contribution in [0.3, 0.4) is 0 Å². The van der Waals surface area contributed by atoms with Crippen molar-refractivity contribution in [2.24, 2.45) is 11.8 Å². The van der Waals surface area contributed by atoms with E-state index in [1.54, 1.807) is 0 Å². The summed E-state index contributed by atoms with van der Waals surface area (Å²) in [5, 5.41) is 0. The van der Waals surface area contributed by atoms with Gasteiger partial charge in [-0.15, -0.1) is 13.2 Å². The molecule has 0 spiro atoms. The van der Waals surface area contributed by atoms with E-state index in [0.29, 0.717) is 0 Å². The second kappa shape index (κ2) is 17.7. The first-order chi connectivity index (χ1) is 6.34. The van der Waals surface area contributed by atoms with Crippen LogP contribution in [0.15, 0.2) is 13.2 Å². The highest BCUT2D eigenvalue weighted by Gasteiger charge is 2.23. The predicted octanol–water partition coefficient (Wildman–Crippen LogP) is 5.30. The van der Waals surface area contributed by atoms with Crippen molar-refractivity contribution >= 4 is 0 Å². The van der Waals surface area contributed by atoms with Crippen LogP contribution in [-0.4, -0.2) is 0 Å². The average Bonchev–Trinajstić information content (AvgIpc) is 2.25. The van der Waals surface area contributed by atoms with E-state index in [1.807, 2.05) is 27.7 Å². The van der Waals surface area contributed by atoms with Gasteiger partial charge in [0.05, 0.1) is 0 Å². The summed E-state index contributed by atoms with van der Waals surface area (Å²) in [6, 6.07) is 0. The van der Waals surface area contributed by atoms with E-state index in [9.17, 15) is 0 Å². The maximum absolute atomic E-state index is 3.00. The van der Waals surface area contributed by atoms with Crippen LogP contribution in [0.4, 0.5) is 0 Å². The Morgan fingerprint density at radius 1 is 1.00 bits per heavy atom. The summed E-state index contributed by atoms with van der Waals surface area (Å²) in [6.07, 6.45) is 4.39. The lowest BCUT2D eigenvalue weighted by atomic mass is 9.74. The van der Waals surface area contributed by atoms with Crippen molar-refractivity contribution in [1.29, 1.82) is 0 Å². The molecule has 1 fully saturated rings. The summed E-state index contributed by atoms with van der Waals surface area (Å²) in [5.74, 6) is 2.13. The Balaban J connectivity index is -0.000000144. The Hall–Kier alpha value is -0.260. The zero-order valence-electron chi connectivity index (χ0n) is 10.7. The molecule has 0 N–H and O–H groups in total. The van der Waals surface area contributed by atoms with Gasteiger partial charge in [-0.2, -0.15) is 0 Å². The normalized spacial score (nSPS) is 22.9. The highest BCUT2D eigenvalue weighted by atomic mass is 14.3. The predicted molar refractivity (Wildman–Crippen MR) is 66.1 cm³/mol. The Kier molecular flexibility index (Phi) is 25.2. The molecule has 1 aliphatic rings. The highest BCUT2D eigenvalue weighted by molar-refractivity contribution is 4.75. The fraction of sp³-hybridized carbons (Fsp3) is 0.846. The first kappa shape index (κ1) is 18.5. The van der Waals surface area contributed by atoms with Gasteiger partial charge < -0.3 is 0 Å². The maximum atomic E-state index is 3.00. The lowest BCUT2D eigenvalue weighted by Crippen LogP contribution is -2.21. The van der Waals surface area contributed by atoms with E-state index >= 15 is 0 Å². The number of hydrogen-bond donors (Lipinski definition) is 0. The van der Waals surface area contributed by atoms with E-state index in [2.05, 4.69) is 27.0 Å². The summed E-state index contributed by atoms with van der Waals surface area (Å²) in [7, 11) is 0. The quantitative estimate of drug-likeness (QED) is 0.488. The third kappa shape index (κ3) is 9.66. The van der Waals surface area contributed by atoms with Crippen LogP contribution in [0.5, 0.6) is 0 Å². The van der Waals surface area contributed by atoms with Crippen LogP contribution in [0.25, 0.3) is 0 Å². The average molecular weight is 186 g/mol. The van der Waals surface area contributed by atoms with Gasteiger partial charge in [-0.05, 0) is 18.3 Å². The van der Waals surface area contributed by atoms with E-state index < -0.39 is 0 Å². The lowest BCUT2D eigenvalue weighted by Gasteiger charge is -2.32. The van der Waals surface area contributed by atoms with Gasteiger partial charge in [0.1, 0.15) is 0 Å². The van der Waals surface area contributed by atoms with Crippen molar-refractivity contribution < 1.29 is 0 Å². The van der Waals surface area contributed by atoms with Crippen molar-refractivity contribution in [3.05, 3.63) is 13.2 Å². The molecule has 0 aliphatic heterocycles. The molecule has 2 atom stereocenters. The molecule has 0 saturated heterocycles. The fourth-order valence-electron chi connectivity index (χ4n) is 1.34. The molecule has 1 rings (SSSR count). The summed E-state index contributed by atoms with van der Waals surface area (Å²) in [4.78, 5) is 0. The minimum Gasteiger partial charge on any atom is -0.106 e. The molecule has 2 unspecified atom stereocenters. The van der Waals surface area contributed by atoms with Gasteiger partial charge in [0, 0.05) is 0 Å². The van der Waals surface area contributed by atoms with Gasteiger partial charge in [-0.3, -0.25) is 0 Å². The van der Waals surface area contributed by atoms with Crippen molar-refractivity contribution in [2.75, 3.05) is 0 Å². The molecular formula is C13H30. The molecule has 0 bridgehead atoms. The van der Waals surface area contributed by atoms with Crippen molar-refractivity contribution in [2.45, 2.75) is 60.8 Å². The second-order valence-electron chi connectivity index (χ2n) is 2.72. The molecule has 0 nitrogen and oxygen atoms in total. The minimum absolute atomic E-state index is 1.05. The summed E-state index contributed by atoms with van der Waals surface area (Å²) in [5.41, 5.74) is 0. The summed E-state index contributed by atoms with van der Waals surface area (Å²) >= 11 is 0. The Bertz CT molecular complexity index is 64.4. The van der Waals surface area contributed by atoms with Crippen LogP contribution in [0, 0.1) is 11.8 Å². The Morgan fingerprint density at radius 3 is 1.38 bits per heavy atom. The van der Waals surface area contributed by atoms with Crippen LogP contribution in [0.1, 0.15) is 60.8 Å². The largest absolute Gasteiger partial charge is 0.106 e. The standard InChI is InChI=1S/C7H14.2C2H6.C2H4/c1-3-7-5-4-6(7)2;3*1-2/h6-7H,3-5H2,1-2H3;2*1-2H3;1-2H2. The molecule has 1 aliphatic carbocycles. The molecule has 1 saturated carbocycles. The molecule has 0 heteroatoms. The maximum Gasteiger partial charge on any atom is -0.0391 e. The molecule has 0 aromatic heterocycles. The van der Waals surface area contributed by atoms with E-state index in [-0.39, 0.29) is 0 Å². The lowest BCUT2D eigenvalue weighted by molar-refractivity contribution is 0.190. The van der Waals surface area contributed by atoms with Crippen molar-refractivity contribution in [1.82, 2.24) is 0 Å². The minimum atomic E-state index is 1.05. The zero-order valence-corrected chi connectivity index (χ0v) is 10.7.